The summed E-state index contributed by atoms with van der Waals surface area (Å²) in [5.74, 6) is 1.94. The monoisotopic (exact) mass is 296 g/mol. The van der Waals surface area contributed by atoms with Crippen molar-refractivity contribution in [2.45, 2.75) is 52.0 Å². The van der Waals surface area contributed by atoms with E-state index in [0.29, 0.717) is 29.9 Å². The Labute approximate surface area is 123 Å². The third-order valence-corrected chi connectivity index (χ3v) is 4.90. The molecule has 1 N–H and O–H groups in total. The van der Waals surface area contributed by atoms with Crippen LogP contribution in [0.4, 0.5) is 0 Å². The third-order valence-electron chi connectivity index (χ3n) is 4.60. The van der Waals surface area contributed by atoms with E-state index in [4.69, 9.17) is 11.6 Å². The standard InChI is InChI=1S/C15H21ClN2O2/c1-8(2)12-13(16)17-15(20)18(14(12)19)7-11(9-3-4-9)10-5-6-10/h8-11H,3-7H2,1-2H3,(H,17,20). The van der Waals surface area contributed by atoms with Gasteiger partial charge in [0.25, 0.3) is 5.56 Å². The number of nitrogens with zero attached hydrogens (tertiary/aromatic N) is 1. The van der Waals surface area contributed by atoms with Crippen LogP contribution in [0, 0.1) is 17.8 Å². The van der Waals surface area contributed by atoms with Crippen molar-refractivity contribution in [3.05, 3.63) is 31.6 Å². The van der Waals surface area contributed by atoms with Gasteiger partial charge in [0.05, 0.1) is 5.56 Å². The van der Waals surface area contributed by atoms with Gasteiger partial charge in [-0.1, -0.05) is 25.4 Å². The second-order valence-corrected chi connectivity index (χ2v) is 6.94. The summed E-state index contributed by atoms with van der Waals surface area (Å²) in [6.07, 6.45) is 4.99. The van der Waals surface area contributed by atoms with Gasteiger partial charge in [-0.15, -0.1) is 0 Å². The Morgan fingerprint density at radius 2 is 1.75 bits per heavy atom. The first kappa shape index (κ1) is 13.9. The normalized spacial score (nSPS) is 19.1. The number of H-pyrrole nitrogens is 1. The zero-order valence-corrected chi connectivity index (χ0v) is 12.7. The van der Waals surface area contributed by atoms with E-state index >= 15 is 0 Å². The number of rotatable bonds is 5. The van der Waals surface area contributed by atoms with Crippen molar-refractivity contribution in [1.29, 1.82) is 0 Å². The topological polar surface area (TPSA) is 54.9 Å². The summed E-state index contributed by atoms with van der Waals surface area (Å²) >= 11 is 6.02. The molecule has 2 saturated carbocycles. The van der Waals surface area contributed by atoms with Gasteiger partial charge in [-0.05, 0) is 49.4 Å². The minimum Gasteiger partial charge on any atom is -0.297 e. The fraction of sp³-hybridized carbons (Fsp3) is 0.733. The summed E-state index contributed by atoms with van der Waals surface area (Å²) in [6.45, 7) is 4.40. The zero-order valence-electron chi connectivity index (χ0n) is 12.0. The Kier molecular flexibility index (Phi) is 3.53. The summed E-state index contributed by atoms with van der Waals surface area (Å²) in [7, 11) is 0. The molecule has 0 aliphatic heterocycles. The van der Waals surface area contributed by atoms with Gasteiger partial charge < -0.3 is 0 Å². The predicted octanol–water partition coefficient (Wildman–Crippen LogP) is 2.75. The first-order valence-corrected chi connectivity index (χ1v) is 7.89. The van der Waals surface area contributed by atoms with Crippen molar-refractivity contribution < 1.29 is 0 Å². The van der Waals surface area contributed by atoms with Gasteiger partial charge in [0.15, 0.2) is 0 Å². The lowest BCUT2D eigenvalue weighted by molar-refractivity contribution is 0.336. The fourth-order valence-electron chi connectivity index (χ4n) is 3.17. The highest BCUT2D eigenvalue weighted by Gasteiger charge is 2.41. The number of hydrogen-bond acceptors (Lipinski definition) is 2. The fourth-order valence-corrected chi connectivity index (χ4v) is 3.55. The van der Waals surface area contributed by atoms with Crippen LogP contribution >= 0.6 is 11.6 Å². The van der Waals surface area contributed by atoms with E-state index in [1.54, 1.807) is 0 Å². The van der Waals surface area contributed by atoms with Crippen molar-refractivity contribution in [1.82, 2.24) is 9.55 Å². The molecule has 0 spiro atoms. The molecule has 0 saturated heterocycles. The number of aromatic amines is 1. The first-order chi connectivity index (χ1) is 9.49. The summed E-state index contributed by atoms with van der Waals surface area (Å²) in [6, 6.07) is 0. The molecule has 2 fully saturated rings. The number of aromatic nitrogens is 2. The molecule has 0 radical (unpaired) electrons. The Bertz CT molecular complexity index is 612. The molecule has 0 amide bonds. The largest absolute Gasteiger partial charge is 0.329 e. The molecule has 0 atom stereocenters. The maximum Gasteiger partial charge on any atom is 0.329 e. The smallest absolute Gasteiger partial charge is 0.297 e. The SMILES string of the molecule is CC(C)c1c(Cl)[nH]c(=O)n(CC(C2CC2)C2CC2)c1=O. The molecular weight excluding hydrogens is 276 g/mol. The van der Waals surface area contributed by atoms with Crippen molar-refractivity contribution >= 4 is 11.6 Å². The highest BCUT2D eigenvalue weighted by molar-refractivity contribution is 6.30. The number of halogens is 1. The molecule has 0 aromatic carbocycles. The number of hydrogen-bond donors (Lipinski definition) is 1. The molecule has 4 nitrogen and oxygen atoms in total. The van der Waals surface area contributed by atoms with Crippen LogP contribution in [-0.4, -0.2) is 9.55 Å². The zero-order chi connectivity index (χ0) is 14.4. The van der Waals surface area contributed by atoms with Gasteiger partial charge in [-0.3, -0.25) is 14.3 Å². The van der Waals surface area contributed by atoms with Crippen molar-refractivity contribution in [3.8, 4) is 0 Å². The van der Waals surface area contributed by atoms with Gasteiger partial charge in [-0.25, -0.2) is 4.79 Å². The van der Waals surface area contributed by atoms with E-state index in [9.17, 15) is 9.59 Å². The van der Waals surface area contributed by atoms with E-state index < -0.39 is 0 Å². The van der Waals surface area contributed by atoms with Crippen LogP contribution in [0.2, 0.25) is 5.15 Å². The van der Waals surface area contributed by atoms with Crippen LogP contribution in [-0.2, 0) is 6.54 Å². The van der Waals surface area contributed by atoms with Crippen LogP contribution in [0.1, 0.15) is 51.0 Å². The minimum atomic E-state index is -0.365. The highest BCUT2D eigenvalue weighted by Crippen LogP contribution is 2.49. The molecule has 3 rings (SSSR count). The Morgan fingerprint density at radius 3 is 2.20 bits per heavy atom. The van der Waals surface area contributed by atoms with Crippen LogP contribution < -0.4 is 11.2 Å². The summed E-state index contributed by atoms with van der Waals surface area (Å²) in [5, 5.41) is 0.195. The molecule has 110 valence electrons. The molecule has 2 aliphatic rings. The maximum atomic E-state index is 12.5. The van der Waals surface area contributed by atoms with Crippen molar-refractivity contribution in [3.63, 3.8) is 0 Å². The van der Waals surface area contributed by atoms with Crippen molar-refractivity contribution in [2.24, 2.45) is 17.8 Å². The molecule has 1 heterocycles. The molecule has 2 aliphatic carbocycles. The van der Waals surface area contributed by atoms with E-state index in [1.165, 1.54) is 30.3 Å². The third kappa shape index (κ3) is 2.58. The van der Waals surface area contributed by atoms with Gasteiger partial charge in [0, 0.05) is 6.54 Å². The van der Waals surface area contributed by atoms with E-state index in [2.05, 4.69) is 4.98 Å². The summed E-state index contributed by atoms with van der Waals surface area (Å²) in [5.41, 5.74) is -0.0487. The van der Waals surface area contributed by atoms with E-state index in [1.807, 2.05) is 13.8 Å². The van der Waals surface area contributed by atoms with Gasteiger partial charge >= 0.3 is 5.69 Å². The molecule has 0 bridgehead atoms. The highest BCUT2D eigenvalue weighted by atomic mass is 35.5. The second-order valence-electron chi connectivity index (χ2n) is 6.57. The van der Waals surface area contributed by atoms with Crippen LogP contribution in [0.15, 0.2) is 9.59 Å². The second kappa shape index (κ2) is 5.06. The molecule has 0 unspecified atom stereocenters. The van der Waals surface area contributed by atoms with E-state index in [0.717, 1.165) is 0 Å². The van der Waals surface area contributed by atoms with Crippen LogP contribution in [0.3, 0.4) is 0 Å². The Morgan fingerprint density at radius 1 is 1.20 bits per heavy atom. The van der Waals surface area contributed by atoms with E-state index in [-0.39, 0.29) is 22.3 Å². The quantitative estimate of drug-likeness (QED) is 0.850. The van der Waals surface area contributed by atoms with Crippen LogP contribution in [0.5, 0.6) is 0 Å². The van der Waals surface area contributed by atoms with Gasteiger partial charge in [-0.2, -0.15) is 0 Å². The molecule has 1 aromatic heterocycles. The molecule has 20 heavy (non-hydrogen) atoms. The Hall–Kier alpha value is -1.03. The number of nitrogens with one attached hydrogen (secondary N) is 1. The lowest BCUT2D eigenvalue weighted by atomic mass is 9.97. The Balaban J connectivity index is 1.98. The summed E-state index contributed by atoms with van der Waals surface area (Å²) in [4.78, 5) is 27.2. The van der Waals surface area contributed by atoms with Gasteiger partial charge in [0.2, 0.25) is 0 Å². The average Bonchev–Trinajstić information content (AvgIpc) is 3.22. The first-order valence-electron chi connectivity index (χ1n) is 7.51. The average molecular weight is 297 g/mol. The van der Waals surface area contributed by atoms with Crippen molar-refractivity contribution in [2.75, 3.05) is 0 Å². The minimum absolute atomic E-state index is 0.0124. The van der Waals surface area contributed by atoms with Crippen LogP contribution in [0.25, 0.3) is 0 Å². The molecular formula is C15H21ClN2O2. The summed E-state index contributed by atoms with van der Waals surface area (Å²) < 4.78 is 1.38. The predicted molar refractivity (Wildman–Crippen MR) is 79.4 cm³/mol. The van der Waals surface area contributed by atoms with Gasteiger partial charge in [0.1, 0.15) is 5.15 Å². The lowest BCUT2D eigenvalue weighted by Crippen LogP contribution is -2.40. The maximum absolute atomic E-state index is 12.5. The molecule has 1 aromatic rings. The molecule has 5 heteroatoms. The lowest BCUT2D eigenvalue weighted by Gasteiger charge is -2.18.